The molecule has 0 unspecified atom stereocenters. The summed E-state index contributed by atoms with van der Waals surface area (Å²) < 4.78 is 61.8. The molecular formula is C27H25F2NO5S. The van der Waals surface area contributed by atoms with E-state index in [0.29, 0.717) is 18.4 Å². The highest BCUT2D eigenvalue weighted by Gasteiger charge is 2.52. The van der Waals surface area contributed by atoms with Crippen LogP contribution in [0.3, 0.4) is 0 Å². The molecule has 0 amide bonds. The van der Waals surface area contributed by atoms with Crippen molar-refractivity contribution in [3.63, 3.8) is 0 Å². The van der Waals surface area contributed by atoms with Gasteiger partial charge in [0, 0.05) is 20.5 Å². The maximum Gasteiger partial charge on any atom is 0.586 e. The van der Waals surface area contributed by atoms with Gasteiger partial charge in [-0.2, -0.15) is 0 Å². The van der Waals surface area contributed by atoms with Gasteiger partial charge in [0.1, 0.15) is 5.78 Å². The van der Waals surface area contributed by atoms with Gasteiger partial charge in [0.05, 0.1) is 10.3 Å². The minimum absolute atomic E-state index is 0.00959. The number of sulfonamides is 1. The van der Waals surface area contributed by atoms with Gasteiger partial charge in [0.2, 0.25) is 10.0 Å². The van der Waals surface area contributed by atoms with Gasteiger partial charge < -0.3 is 9.47 Å². The molecule has 0 N–H and O–H groups in total. The molecular weight excluding hydrogens is 488 g/mol. The molecule has 0 aromatic heterocycles. The Morgan fingerprint density at radius 1 is 0.944 bits per heavy atom. The lowest BCUT2D eigenvalue weighted by atomic mass is 9.87. The molecule has 6 nitrogen and oxygen atoms in total. The SMILES string of the molecule is Cc1ccc(CC(=O)C2(c3ccc4c(c3)OC(F)(F)O4)CC2)cc1-c1ccc(S(=O)(=O)N(C)C)cc1. The lowest BCUT2D eigenvalue weighted by molar-refractivity contribution is -0.286. The Morgan fingerprint density at radius 2 is 1.61 bits per heavy atom. The molecule has 0 spiro atoms. The fraction of sp³-hybridized carbons (Fsp3) is 0.296. The number of alkyl halides is 2. The summed E-state index contributed by atoms with van der Waals surface area (Å²) in [4.78, 5) is 13.6. The van der Waals surface area contributed by atoms with Crippen LogP contribution in [-0.4, -0.2) is 38.9 Å². The van der Waals surface area contributed by atoms with Crippen molar-refractivity contribution in [3.8, 4) is 22.6 Å². The van der Waals surface area contributed by atoms with Crippen LogP contribution in [0.15, 0.2) is 65.6 Å². The molecule has 1 saturated carbocycles. The molecule has 5 rings (SSSR count). The van der Waals surface area contributed by atoms with Crippen LogP contribution in [-0.2, 0) is 26.7 Å². The van der Waals surface area contributed by atoms with E-state index in [0.717, 1.165) is 22.3 Å². The first kappa shape index (κ1) is 24.4. The van der Waals surface area contributed by atoms with Gasteiger partial charge in [0.15, 0.2) is 11.5 Å². The van der Waals surface area contributed by atoms with E-state index in [-0.39, 0.29) is 28.6 Å². The van der Waals surface area contributed by atoms with Crippen LogP contribution >= 0.6 is 0 Å². The number of benzene rings is 3. The van der Waals surface area contributed by atoms with Crippen LogP contribution in [0.5, 0.6) is 11.5 Å². The molecule has 188 valence electrons. The molecule has 0 bridgehead atoms. The van der Waals surface area contributed by atoms with Crippen molar-refractivity contribution in [2.24, 2.45) is 0 Å². The van der Waals surface area contributed by atoms with Crippen molar-refractivity contribution >= 4 is 15.8 Å². The van der Waals surface area contributed by atoms with Crippen molar-refractivity contribution < 1.29 is 31.5 Å². The third-order valence-corrected chi connectivity index (χ3v) is 8.68. The van der Waals surface area contributed by atoms with Crippen LogP contribution in [0.2, 0.25) is 0 Å². The summed E-state index contributed by atoms with van der Waals surface area (Å²) in [5.74, 6) is -0.0937. The smallest absolute Gasteiger partial charge is 0.395 e. The second-order valence-electron chi connectivity index (χ2n) is 9.47. The molecule has 1 aliphatic carbocycles. The molecule has 0 radical (unpaired) electrons. The molecule has 1 fully saturated rings. The van der Waals surface area contributed by atoms with Gasteiger partial charge >= 0.3 is 6.29 Å². The fourth-order valence-electron chi connectivity index (χ4n) is 4.56. The van der Waals surface area contributed by atoms with E-state index in [2.05, 4.69) is 9.47 Å². The van der Waals surface area contributed by atoms with Crippen LogP contribution in [0, 0.1) is 6.92 Å². The van der Waals surface area contributed by atoms with E-state index in [9.17, 15) is 22.0 Å². The fourth-order valence-corrected chi connectivity index (χ4v) is 5.46. The number of rotatable bonds is 7. The summed E-state index contributed by atoms with van der Waals surface area (Å²) in [7, 11) is -0.555. The lowest BCUT2D eigenvalue weighted by Gasteiger charge is -2.16. The second-order valence-corrected chi connectivity index (χ2v) is 11.6. The molecule has 9 heteroatoms. The number of ether oxygens (including phenoxy) is 2. The average Bonchev–Trinajstić information content (AvgIpc) is 3.57. The van der Waals surface area contributed by atoms with Crippen LogP contribution in [0.25, 0.3) is 11.1 Å². The highest BCUT2D eigenvalue weighted by atomic mass is 32.2. The summed E-state index contributed by atoms with van der Waals surface area (Å²) in [6.45, 7) is 1.95. The molecule has 2 aliphatic rings. The first-order chi connectivity index (χ1) is 16.9. The third-order valence-electron chi connectivity index (χ3n) is 6.85. The topological polar surface area (TPSA) is 72.9 Å². The summed E-state index contributed by atoms with van der Waals surface area (Å²) >= 11 is 0. The molecule has 1 aliphatic heterocycles. The van der Waals surface area contributed by atoms with Gasteiger partial charge in [-0.1, -0.05) is 36.4 Å². The quantitative estimate of drug-likeness (QED) is 0.441. The number of ketones is 1. The number of Topliss-reactive ketones (excluding diaryl/α,β-unsaturated/α-hetero) is 1. The predicted octanol–water partition coefficient (Wildman–Crippen LogP) is 5.08. The van der Waals surface area contributed by atoms with Gasteiger partial charge in [-0.05, 0) is 71.8 Å². The summed E-state index contributed by atoms with van der Waals surface area (Å²) in [5.41, 5.74) is 3.50. The highest BCUT2D eigenvalue weighted by Crippen LogP contribution is 2.52. The number of carbonyl (C=O) groups is 1. The van der Waals surface area contributed by atoms with Crippen molar-refractivity contribution in [2.75, 3.05) is 14.1 Å². The molecule has 1 heterocycles. The normalized spacial score (nSPS) is 17.3. The number of carbonyl (C=O) groups excluding carboxylic acids is 1. The van der Waals surface area contributed by atoms with Crippen molar-refractivity contribution in [2.45, 2.75) is 42.8 Å². The number of nitrogens with zero attached hydrogens (tertiary/aromatic N) is 1. The monoisotopic (exact) mass is 513 g/mol. The molecule has 0 atom stereocenters. The average molecular weight is 514 g/mol. The Kier molecular flexibility index (Phi) is 5.68. The highest BCUT2D eigenvalue weighted by molar-refractivity contribution is 7.89. The van der Waals surface area contributed by atoms with Gasteiger partial charge in [-0.15, -0.1) is 8.78 Å². The number of halogens is 2. The van der Waals surface area contributed by atoms with E-state index in [1.807, 2.05) is 25.1 Å². The Hall–Kier alpha value is -3.30. The van der Waals surface area contributed by atoms with E-state index < -0.39 is 21.7 Å². The zero-order valence-corrected chi connectivity index (χ0v) is 20.9. The Morgan fingerprint density at radius 3 is 2.25 bits per heavy atom. The molecule has 3 aromatic carbocycles. The van der Waals surface area contributed by atoms with Crippen LogP contribution in [0.4, 0.5) is 8.78 Å². The zero-order chi connectivity index (χ0) is 25.9. The third kappa shape index (κ3) is 4.26. The summed E-state index contributed by atoms with van der Waals surface area (Å²) in [6, 6.07) is 17.0. The van der Waals surface area contributed by atoms with Crippen molar-refractivity contribution in [1.82, 2.24) is 4.31 Å². The second kappa shape index (κ2) is 8.38. The van der Waals surface area contributed by atoms with Gasteiger partial charge in [0.25, 0.3) is 0 Å². The Balaban J connectivity index is 1.38. The lowest BCUT2D eigenvalue weighted by Crippen LogP contribution is -2.26. The van der Waals surface area contributed by atoms with Crippen LogP contribution in [0.1, 0.15) is 29.5 Å². The van der Waals surface area contributed by atoms with Crippen LogP contribution < -0.4 is 9.47 Å². The number of aryl methyl sites for hydroxylation is 1. The van der Waals surface area contributed by atoms with E-state index in [1.165, 1.54) is 30.5 Å². The number of hydrogen-bond acceptors (Lipinski definition) is 5. The summed E-state index contributed by atoms with van der Waals surface area (Å²) in [5, 5.41) is 0. The predicted molar refractivity (Wildman–Crippen MR) is 130 cm³/mol. The minimum atomic E-state index is -3.70. The summed E-state index contributed by atoms with van der Waals surface area (Å²) in [6.07, 6.45) is -2.23. The number of hydrogen-bond donors (Lipinski definition) is 0. The molecule has 3 aromatic rings. The minimum Gasteiger partial charge on any atom is -0.395 e. The van der Waals surface area contributed by atoms with Crippen molar-refractivity contribution in [3.05, 3.63) is 77.4 Å². The zero-order valence-electron chi connectivity index (χ0n) is 20.0. The van der Waals surface area contributed by atoms with Gasteiger partial charge in [-0.25, -0.2) is 12.7 Å². The maximum absolute atomic E-state index is 13.4. The van der Waals surface area contributed by atoms with Gasteiger partial charge in [-0.3, -0.25) is 4.79 Å². The van der Waals surface area contributed by atoms with E-state index in [1.54, 1.807) is 30.3 Å². The number of fused-ring (bicyclic) bond motifs is 1. The van der Waals surface area contributed by atoms with E-state index >= 15 is 0 Å². The largest absolute Gasteiger partial charge is 0.586 e. The Labute approximate surface area is 208 Å². The standard InChI is InChI=1S/C27H25F2NO5S/c1-17-4-5-18(14-22(17)19-6-9-21(10-7-19)36(32,33)30(2)3)15-25(31)26(12-13-26)20-8-11-23-24(16-20)35-27(28,29)34-23/h4-11,14,16H,12-13,15H2,1-3H3. The molecule has 36 heavy (non-hydrogen) atoms. The van der Waals surface area contributed by atoms with Crippen molar-refractivity contribution in [1.29, 1.82) is 0 Å². The Bertz CT molecular complexity index is 1460. The maximum atomic E-state index is 13.4. The van der Waals surface area contributed by atoms with E-state index in [4.69, 9.17) is 0 Å². The first-order valence-electron chi connectivity index (χ1n) is 11.5. The molecule has 0 saturated heterocycles. The first-order valence-corrected chi connectivity index (χ1v) is 12.9.